The van der Waals surface area contributed by atoms with Crippen LogP contribution >= 0.6 is 11.6 Å². The second-order valence-electron chi connectivity index (χ2n) is 5.56. The minimum Gasteiger partial charge on any atom is -0.334 e. The first-order valence-electron chi connectivity index (χ1n) is 7.95. The number of nitrogens with one attached hydrogen (secondary N) is 3. The molecule has 2 aromatic heterocycles. The van der Waals surface area contributed by atoms with Gasteiger partial charge in [-0.3, -0.25) is 30.7 Å². The second kappa shape index (κ2) is 8.27. The lowest BCUT2D eigenvalue weighted by molar-refractivity contribution is -0.383. The van der Waals surface area contributed by atoms with Gasteiger partial charge in [0.05, 0.1) is 4.92 Å². The molecule has 0 atom stereocenters. The summed E-state index contributed by atoms with van der Waals surface area (Å²) in [6.45, 7) is 1.84. The van der Waals surface area contributed by atoms with Gasteiger partial charge >= 0.3 is 5.69 Å². The van der Waals surface area contributed by atoms with Gasteiger partial charge in [-0.25, -0.2) is 9.97 Å². The summed E-state index contributed by atoms with van der Waals surface area (Å²) < 4.78 is 0. The van der Waals surface area contributed by atoms with E-state index in [9.17, 15) is 14.9 Å². The quantitative estimate of drug-likeness (QED) is 0.424. The monoisotopic (exact) mass is 399 g/mol. The van der Waals surface area contributed by atoms with Gasteiger partial charge in [-0.15, -0.1) is 0 Å². The topological polar surface area (TPSA) is 135 Å². The molecule has 3 N–H and O–H groups in total. The maximum atomic E-state index is 12.1. The van der Waals surface area contributed by atoms with Gasteiger partial charge < -0.3 is 5.32 Å². The van der Waals surface area contributed by atoms with Gasteiger partial charge in [0.2, 0.25) is 11.6 Å². The summed E-state index contributed by atoms with van der Waals surface area (Å²) in [5.74, 6) is -0.826. The first kappa shape index (κ1) is 19.0. The van der Waals surface area contributed by atoms with Gasteiger partial charge in [-0.2, -0.15) is 0 Å². The summed E-state index contributed by atoms with van der Waals surface area (Å²) in [4.78, 5) is 34.6. The Kier molecular flexibility index (Phi) is 5.61. The van der Waals surface area contributed by atoms with Gasteiger partial charge in [0.1, 0.15) is 12.0 Å². The van der Waals surface area contributed by atoms with Crippen LogP contribution in [0.15, 0.2) is 48.9 Å². The Labute approximate surface area is 164 Å². The Balaban J connectivity index is 1.84. The number of hydrazine groups is 1. The summed E-state index contributed by atoms with van der Waals surface area (Å²) in [6.07, 6.45) is 2.58. The molecular weight excluding hydrogens is 386 g/mol. The Morgan fingerprint density at radius 2 is 1.93 bits per heavy atom. The Bertz CT molecular complexity index is 1030. The Hall–Kier alpha value is -3.79. The maximum absolute atomic E-state index is 12.1. The van der Waals surface area contributed by atoms with Crippen LogP contribution in [0.5, 0.6) is 0 Å². The number of hydrogen-bond donors (Lipinski definition) is 3. The SMILES string of the molecule is Cc1ccc(Nc2ncnc(NNC(=O)c3ccccn3)c2[N+](=O)[O-])cc1Cl. The number of nitro groups is 1. The lowest BCUT2D eigenvalue weighted by Gasteiger charge is -2.11. The third-order valence-corrected chi connectivity index (χ3v) is 4.04. The van der Waals surface area contributed by atoms with Crippen molar-refractivity contribution in [2.75, 3.05) is 10.7 Å². The highest BCUT2D eigenvalue weighted by Gasteiger charge is 2.24. The number of pyridine rings is 1. The minimum atomic E-state index is -0.659. The first-order chi connectivity index (χ1) is 13.5. The van der Waals surface area contributed by atoms with E-state index in [1.807, 2.05) is 6.92 Å². The largest absolute Gasteiger partial charge is 0.355 e. The fourth-order valence-corrected chi connectivity index (χ4v) is 2.40. The van der Waals surface area contributed by atoms with E-state index in [4.69, 9.17) is 11.6 Å². The highest BCUT2D eigenvalue weighted by atomic mass is 35.5. The van der Waals surface area contributed by atoms with Gasteiger partial charge in [-0.1, -0.05) is 23.7 Å². The van der Waals surface area contributed by atoms with Crippen molar-refractivity contribution in [2.24, 2.45) is 0 Å². The van der Waals surface area contributed by atoms with Crippen LogP contribution in [0.25, 0.3) is 0 Å². The maximum Gasteiger partial charge on any atom is 0.355 e. The average Bonchev–Trinajstić information content (AvgIpc) is 2.69. The van der Waals surface area contributed by atoms with Crippen LogP contribution < -0.4 is 16.2 Å². The number of nitrogens with zero attached hydrogens (tertiary/aromatic N) is 4. The Morgan fingerprint density at radius 1 is 1.14 bits per heavy atom. The molecule has 0 unspecified atom stereocenters. The molecule has 0 spiro atoms. The first-order valence-corrected chi connectivity index (χ1v) is 8.33. The number of carbonyl (C=O) groups excluding carboxylic acids is 1. The van der Waals surface area contributed by atoms with Crippen molar-refractivity contribution >= 4 is 40.5 Å². The molecule has 0 aliphatic heterocycles. The van der Waals surface area contributed by atoms with Crippen molar-refractivity contribution < 1.29 is 9.72 Å². The molecule has 0 saturated carbocycles. The average molecular weight is 400 g/mol. The van der Waals surface area contributed by atoms with Crippen molar-refractivity contribution in [2.45, 2.75) is 6.92 Å². The number of aryl methyl sites for hydroxylation is 1. The molecule has 142 valence electrons. The number of anilines is 3. The van der Waals surface area contributed by atoms with Crippen molar-refractivity contribution in [1.29, 1.82) is 0 Å². The van der Waals surface area contributed by atoms with Crippen LogP contribution in [0.1, 0.15) is 16.1 Å². The number of benzene rings is 1. The Morgan fingerprint density at radius 3 is 2.61 bits per heavy atom. The van der Waals surface area contributed by atoms with E-state index in [0.29, 0.717) is 10.7 Å². The van der Waals surface area contributed by atoms with Crippen LogP contribution in [-0.4, -0.2) is 25.8 Å². The molecule has 0 saturated heterocycles. The van der Waals surface area contributed by atoms with Crippen molar-refractivity contribution in [3.8, 4) is 0 Å². The number of carbonyl (C=O) groups is 1. The van der Waals surface area contributed by atoms with Crippen LogP contribution in [0.2, 0.25) is 5.02 Å². The summed E-state index contributed by atoms with van der Waals surface area (Å²) in [5.41, 5.74) is 5.84. The summed E-state index contributed by atoms with van der Waals surface area (Å²) >= 11 is 6.08. The zero-order valence-electron chi connectivity index (χ0n) is 14.5. The van der Waals surface area contributed by atoms with Crippen LogP contribution in [-0.2, 0) is 0 Å². The standard InChI is InChI=1S/C17H14ClN7O3/c1-10-5-6-11(8-12(10)18)22-15-14(25(27)28)16(21-9-20-15)23-24-17(26)13-4-2-3-7-19-13/h2-9H,1H3,(H,24,26)(H2,20,21,22,23). The molecule has 11 heteroatoms. The molecule has 2 heterocycles. The van der Waals surface area contributed by atoms with E-state index in [1.165, 1.54) is 12.3 Å². The number of rotatable bonds is 6. The normalized spacial score (nSPS) is 10.2. The van der Waals surface area contributed by atoms with E-state index in [-0.39, 0.29) is 17.3 Å². The predicted molar refractivity (Wildman–Crippen MR) is 103 cm³/mol. The molecule has 3 aromatic rings. The number of amides is 1. The molecule has 0 fully saturated rings. The van der Waals surface area contributed by atoms with Crippen LogP contribution in [0, 0.1) is 17.0 Å². The predicted octanol–water partition coefficient (Wildman–Crippen LogP) is 3.24. The minimum absolute atomic E-state index is 0.0606. The van der Waals surface area contributed by atoms with E-state index in [0.717, 1.165) is 11.9 Å². The second-order valence-corrected chi connectivity index (χ2v) is 5.97. The molecule has 28 heavy (non-hydrogen) atoms. The van der Waals surface area contributed by atoms with Crippen molar-refractivity contribution in [1.82, 2.24) is 20.4 Å². The third kappa shape index (κ3) is 4.30. The molecular formula is C17H14ClN7O3. The molecule has 0 aliphatic carbocycles. The highest BCUT2D eigenvalue weighted by molar-refractivity contribution is 6.31. The molecule has 10 nitrogen and oxygen atoms in total. The van der Waals surface area contributed by atoms with E-state index in [1.54, 1.807) is 30.3 Å². The molecule has 3 rings (SSSR count). The van der Waals surface area contributed by atoms with Crippen LogP contribution in [0.3, 0.4) is 0 Å². The number of aromatic nitrogens is 3. The fraction of sp³-hybridized carbons (Fsp3) is 0.0588. The van der Waals surface area contributed by atoms with Crippen molar-refractivity contribution in [3.05, 3.63) is 75.3 Å². The van der Waals surface area contributed by atoms with Gasteiger partial charge in [0.15, 0.2) is 0 Å². The molecule has 1 amide bonds. The summed E-state index contributed by atoms with van der Waals surface area (Å²) in [5, 5.41) is 14.9. The van der Waals surface area contributed by atoms with Gasteiger partial charge in [0, 0.05) is 16.9 Å². The van der Waals surface area contributed by atoms with Crippen LogP contribution in [0.4, 0.5) is 23.0 Å². The summed E-state index contributed by atoms with van der Waals surface area (Å²) in [7, 11) is 0. The molecule has 0 aliphatic rings. The highest BCUT2D eigenvalue weighted by Crippen LogP contribution is 2.31. The molecule has 1 aromatic carbocycles. The third-order valence-electron chi connectivity index (χ3n) is 3.63. The fourth-order valence-electron chi connectivity index (χ4n) is 2.22. The number of hydrogen-bond acceptors (Lipinski definition) is 8. The van der Waals surface area contributed by atoms with Gasteiger partial charge in [0.25, 0.3) is 5.91 Å². The molecule has 0 radical (unpaired) electrons. The van der Waals surface area contributed by atoms with E-state index >= 15 is 0 Å². The van der Waals surface area contributed by atoms with E-state index < -0.39 is 16.5 Å². The van der Waals surface area contributed by atoms with Gasteiger partial charge in [-0.05, 0) is 36.8 Å². The zero-order valence-corrected chi connectivity index (χ0v) is 15.3. The van der Waals surface area contributed by atoms with Crippen molar-refractivity contribution in [3.63, 3.8) is 0 Å². The van der Waals surface area contributed by atoms with E-state index in [2.05, 4.69) is 31.1 Å². The lowest BCUT2D eigenvalue weighted by Crippen LogP contribution is -2.31. The summed E-state index contributed by atoms with van der Waals surface area (Å²) in [6, 6.07) is 9.91. The number of halogens is 1. The molecule has 0 bridgehead atoms. The smallest absolute Gasteiger partial charge is 0.334 e. The zero-order chi connectivity index (χ0) is 20.1. The lowest BCUT2D eigenvalue weighted by atomic mass is 10.2.